The number of nitrogens with one attached hydrogen (secondary N) is 2. The third kappa shape index (κ3) is 5.11. The van der Waals surface area contributed by atoms with Gasteiger partial charge in [-0.3, -0.25) is 9.59 Å². The second-order valence-electron chi connectivity index (χ2n) is 6.90. The van der Waals surface area contributed by atoms with Crippen molar-refractivity contribution in [3.63, 3.8) is 0 Å². The summed E-state index contributed by atoms with van der Waals surface area (Å²) < 4.78 is 11.5. The van der Waals surface area contributed by atoms with Crippen molar-refractivity contribution in [2.75, 3.05) is 25.6 Å². The Balaban J connectivity index is 1.78. The summed E-state index contributed by atoms with van der Waals surface area (Å²) in [5.74, 6) is -0.00419. The van der Waals surface area contributed by atoms with Gasteiger partial charge in [0.2, 0.25) is 5.91 Å². The van der Waals surface area contributed by atoms with Crippen LogP contribution in [0.3, 0.4) is 0 Å². The molecule has 1 fully saturated rings. The number of halogens is 1. The van der Waals surface area contributed by atoms with E-state index in [2.05, 4.69) is 26.6 Å². The van der Waals surface area contributed by atoms with Crippen molar-refractivity contribution >= 4 is 45.5 Å². The molecule has 2 N–H and O–H groups in total. The molecular formula is C23H24BrN3O5. The van der Waals surface area contributed by atoms with Crippen molar-refractivity contribution in [1.29, 1.82) is 0 Å². The van der Waals surface area contributed by atoms with E-state index in [0.29, 0.717) is 33.8 Å². The van der Waals surface area contributed by atoms with Crippen LogP contribution >= 0.6 is 15.9 Å². The van der Waals surface area contributed by atoms with Gasteiger partial charge in [-0.2, -0.15) is 0 Å². The van der Waals surface area contributed by atoms with Crippen molar-refractivity contribution < 1.29 is 23.9 Å². The lowest BCUT2D eigenvalue weighted by atomic mass is 10.1. The Hall–Kier alpha value is -3.33. The molecule has 32 heavy (non-hydrogen) atoms. The van der Waals surface area contributed by atoms with Crippen molar-refractivity contribution in [2.45, 2.75) is 20.3 Å². The minimum absolute atomic E-state index is 0.0603. The molecular weight excluding hydrogens is 478 g/mol. The maximum absolute atomic E-state index is 12.8. The summed E-state index contributed by atoms with van der Waals surface area (Å²) in [7, 11) is 1.53. The number of rotatable bonds is 8. The van der Waals surface area contributed by atoms with Crippen molar-refractivity contribution in [1.82, 2.24) is 10.2 Å². The van der Waals surface area contributed by atoms with E-state index >= 15 is 0 Å². The first-order chi connectivity index (χ1) is 15.4. The largest absolute Gasteiger partial charge is 0.493 e. The third-order valence-corrected chi connectivity index (χ3v) is 5.51. The topological polar surface area (TPSA) is 97.0 Å². The zero-order chi connectivity index (χ0) is 23.3. The van der Waals surface area contributed by atoms with Crippen molar-refractivity contribution in [2.24, 2.45) is 0 Å². The minimum atomic E-state index is -0.658. The van der Waals surface area contributed by atoms with Crippen molar-refractivity contribution in [3.8, 4) is 11.5 Å². The highest BCUT2D eigenvalue weighted by atomic mass is 79.9. The molecule has 1 aliphatic heterocycles. The van der Waals surface area contributed by atoms with Crippen LogP contribution < -0.4 is 20.1 Å². The molecule has 4 amide bonds. The fourth-order valence-electron chi connectivity index (χ4n) is 3.24. The normalized spacial score (nSPS) is 14.5. The number of para-hydroxylation sites is 1. The predicted molar refractivity (Wildman–Crippen MR) is 125 cm³/mol. The average molecular weight is 502 g/mol. The molecule has 0 aromatic heterocycles. The number of ether oxygens (including phenoxy) is 2. The van der Waals surface area contributed by atoms with Crippen LogP contribution in [0.25, 0.3) is 6.08 Å². The number of urea groups is 1. The lowest BCUT2D eigenvalue weighted by Gasteiger charge is -2.14. The molecule has 1 aliphatic rings. The average Bonchev–Trinajstić information content (AvgIpc) is 3.03. The quantitative estimate of drug-likeness (QED) is 0.421. The lowest BCUT2D eigenvalue weighted by molar-refractivity contribution is -0.127. The molecule has 168 valence electrons. The van der Waals surface area contributed by atoms with Crippen LogP contribution in [-0.2, 0) is 16.0 Å². The summed E-state index contributed by atoms with van der Waals surface area (Å²) in [6.45, 7) is 3.87. The number of carbonyl (C=O) groups excluding carboxylic acids is 3. The van der Waals surface area contributed by atoms with Crippen LogP contribution in [0.2, 0.25) is 0 Å². The Morgan fingerprint density at radius 2 is 1.94 bits per heavy atom. The first kappa shape index (κ1) is 23.3. The van der Waals surface area contributed by atoms with Gasteiger partial charge in [0.1, 0.15) is 12.2 Å². The highest BCUT2D eigenvalue weighted by molar-refractivity contribution is 9.10. The number of nitrogens with zero attached hydrogens (tertiary/aromatic N) is 1. The number of anilines is 1. The van der Waals surface area contributed by atoms with E-state index in [1.54, 1.807) is 18.2 Å². The van der Waals surface area contributed by atoms with Crippen LogP contribution in [0, 0.1) is 0 Å². The van der Waals surface area contributed by atoms with E-state index in [1.807, 2.05) is 32.0 Å². The third-order valence-electron chi connectivity index (χ3n) is 4.82. The Kier molecular flexibility index (Phi) is 7.53. The second kappa shape index (κ2) is 10.3. The van der Waals surface area contributed by atoms with Crippen LogP contribution in [0.1, 0.15) is 25.0 Å². The smallest absolute Gasteiger partial charge is 0.329 e. The highest BCUT2D eigenvalue weighted by Crippen LogP contribution is 2.35. The standard InChI is InChI=1S/C23H24BrN3O5/c1-4-14-8-6-7-9-17(14)25-21(28)13-27-22(29)18(26-23(27)30)10-15-11-20(32-5-2)19(31-3)12-16(15)24/h6-12H,4-5,13H2,1-3H3,(H,25,28)(H,26,30)/b18-10+. The van der Waals surface area contributed by atoms with Gasteiger partial charge in [0.15, 0.2) is 11.5 Å². The number of hydrogen-bond acceptors (Lipinski definition) is 5. The summed E-state index contributed by atoms with van der Waals surface area (Å²) >= 11 is 3.44. The zero-order valence-corrected chi connectivity index (χ0v) is 19.6. The number of amides is 4. The van der Waals surface area contributed by atoms with Gasteiger partial charge in [0.25, 0.3) is 5.91 Å². The molecule has 0 saturated carbocycles. The summed E-state index contributed by atoms with van der Waals surface area (Å²) in [6, 6.07) is 10.2. The maximum Gasteiger partial charge on any atom is 0.329 e. The second-order valence-corrected chi connectivity index (χ2v) is 7.75. The van der Waals surface area contributed by atoms with Gasteiger partial charge in [-0.1, -0.05) is 41.1 Å². The number of aryl methyl sites for hydroxylation is 1. The lowest BCUT2D eigenvalue weighted by Crippen LogP contribution is -2.38. The highest BCUT2D eigenvalue weighted by Gasteiger charge is 2.35. The molecule has 1 saturated heterocycles. The van der Waals surface area contributed by atoms with Gasteiger partial charge in [0, 0.05) is 10.2 Å². The first-order valence-electron chi connectivity index (χ1n) is 10.1. The number of hydrogen-bond donors (Lipinski definition) is 2. The van der Waals surface area contributed by atoms with Crippen LogP contribution in [-0.4, -0.2) is 43.0 Å². The van der Waals surface area contributed by atoms with Crippen molar-refractivity contribution in [3.05, 3.63) is 57.7 Å². The van der Waals surface area contributed by atoms with Gasteiger partial charge in [-0.05, 0) is 48.7 Å². The number of benzene rings is 2. The fraction of sp³-hybridized carbons (Fsp3) is 0.261. The van der Waals surface area contributed by atoms with Gasteiger partial charge in [-0.25, -0.2) is 9.69 Å². The number of methoxy groups -OCH3 is 1. The number of imide groups is 1. The Morgan fingerprint density at radius 1 is 1.19 bits per heavy atom. The molecule has 0 bridgehead atoms. The monoisotopic (exact) mass is 501 g/mol. The Morgan fingerprint density at radius 3 is 2.62 bits per heavy atom. The van der Waals surface area contributed by atoms with E-state index in [9.17, 15) is 14.4 Å². The van der Waals surface area contributed by atoms with Crippen LogP contribution in [0.4, 0.5) is 10.5 Å². The summed E-state index contributed by atoms with van der Waals surface area (Å²) in [5.41, 5.74) is 2.30. The molecule has 0 aliphatic carbocycles. The predicted octanol–water partition coefficient (Wildman–Crippen LogP) is 3.95. The summed E-state index contributed by atoms with van der Waals surface area (Å²) in [4.78, 5) is 38.5. The summed E-state index contributed by atoms with van der Waals surface area (Å²) in [6.07, 6.45) is 2.27. The van der Waals surface area contributed by atoms with E-state index in [4.69, 9.17) is 9.47 Å². The van der Waals surface area contributed by atoms with Gasteiger partial charge in [0.05, 0.1) is 13.7 Å². The van der Waals surface area contributed by atoms with E-state index in [-0.39, 0.29) is 5.70 Å². The molecule has 3 rings (SSSR count). The number of carbonyl (C=O) groups is 3. The maximum atomic E-state index is 12.8. The molecule has 0 atom stereocenters. The van der Waals surface area contributed by atoms with E-state index in [0.717, 1.165) is 16.9 Å². The van der Waals surface area contributed by atoms with E-state index < -0.39 is 24.4 Å². The molecule has 2 aromatic carbocycles. The molecule has 2 aromatic rings. The molecule has 0 radical (unpaired) electrons. The molecule has 8 nitrogen and oxygen atoms in total. The molecule has 1 heterocycles. The van der Waals surface area contributed by atoms with Gasteiger partial charge >= 0.3 is 6.03 Å². The Bertz CT molecular complexity index is 1080. The molecule has 9 heteroatoms. The minimum Gasteiger partial charge on any atom is -0.493 e. The van der Waals surface area contributed by atoms with Crippen LogP contribution in [0.5, 0.6) is 11.5 Å². The SMILES string of the molecule is CCOc1cc(/C=C2/NC(=O)N(CC(=O)Nc3ccccc3CC)C2=O)c(Br)cc1OC. The summed E-state index contributed by atoms with van der Waals surface area (Å²) in [5, 5.41) is 5.29. The fourth-order valence-corrected chi connectivity index (χ4v) is 3.68. The Labute approximate surface area is 194 Å². The zero-order valence-electron chi connectivity index (χ0n) is 18.0. The van der Waals surface area contributed by atoms with Gasteiger partial charge in [-0.15, -0.1) is 0 Å². The van der Waals surface area contributed by atoms with E-state index in [1.165, 1.54) is 13.2 Å². The molecule has 0 spiro atoms. The first-order valence-corrected chi connectivity index (χ1v) is 10.9. The molecule has 0 unspecified atom stereocenters. The van der Waals surface area contributed by atoms with Crippen LogP contribution in [0.15, 0.2) is 46.6 Å². The van der Waals surface area contributed by atoms with Gasteiger partial charge < -0.3 is 20.1 Å².